The standard InChI is InChI=1S/C34H52N6O10/c1-6-19(4)28(32(47)36-22(34(49)50)14-15-25(42)43)39-31(46)27(18(2)3)38-29(44)24-13-10-16-40(24)33(48)23(17-21-11-8-7-9-12-21)37-30(45)26(35)20(5)41/h7-9,11-12,18-20,22-24,26-28,41H,6,10,13-17,35H2,1-5H3,(H,36,47)(H,37,45)(H,38,44)(H,39,46)(H,42,43)(H,49,50)/t19-,20+,22-,23-,24-,26-,27-,28-/m0/s1. The molecule has 0 bridgehead atoms. The van der Waals surface area contributed by atoms with Gasteiger partial charge >= 0.3 is 11.9 Å². The molecule has 0 spiro atoms. The van der Waals surface area contributed by atoms with E-state index >= 15 is 0 Å². The first-order valence-corrected chi connectivity index (χ1v) is 16.9. The SMILES string of the molecule is CC[C@H](C)[C@H](NC(=O)[C@@H](NC(=O)[C@@H]1CCCN1C(=O)[C@H](Cc1ccccc1)NC(=O)[C@@H](N)[C@@H](C)O)C(C)C)C(=O)N[C@@H](CCC(=O)O)C(=O)O. The van der Waals surface area contributed by atoms with Crippen molar-refractivity contribution < 1.29 is 48.9 Å². The van der Waals surface area contributed by atoms with Gasteiger partial charge in [-0.2, -0.15) is 0 Å². The van der Waals surface area contributed by atoms with E-state index in [-0.39, 0.29) is 25.8 Å². The molecule has 0 aliphatic carbocycles. The Balaban J connectivity index is 2.25. The third kappa shape index (κ3) is 12.1. The number of nitrogens with one attached hydrogen (secondary N) is 4. The van der Waals surface area contributed by atoms with E-state index in [1.165, 1.54) is 11.8 Å². The molecule has 0 radical (unpaired) electrons. The van der Waals surface area contributed by atoms with Gasteiger partial charge < -0.3 is 47.2 Å². The van der Waals surface area contributed by atoms with Crippen LogP contribution in [-0.4, -0.2) is 111 Å². The molecule has 1 aromatic rings. The number of carbonyl (C=O) groups excluding carboxylic acids is 5. The number of hydrogen-bond donors (Lipinski definition) is 8. The van der Waals surface area contributed by atoms with Crippen LogP contribution in [0.1, 0.15) is 72.3 Å². The number of aliphatic hydroxyl groups excluding tert-OH is 1. The molecular weight excluding hydrogens is 652 g/mol. The Morgan fingerprint density at radius 2 is 1.46 bits per heavy atom. The largest absolute Gasteiger partial charge is 0.481 e. The molecule has 0 aromatic heterocycles. The van der Waals surface area contributed by atoms with Gasteiger partial charge in [0, 0.05) is 19.4 Å². The Hall–Kier alpha value is -4.57. The van der Waals surface area contributed by atoms with Gasteiger partial charge in [-0.05, 0) is 43.6 Å². The molecule has 8 atom stereocenters. The number of carbonyl (C=O) groups is 7. The fraction of sp³-hybridized carbons (Fsp3) is 0.618. The second kappa shape index (κ2) is 19.6. The topological polar surface area (TPSA) is 258 Å². The summed E-state index contributed by atoms with van der Waals surface area (Å²) >= 11 is 0. The van der Waals surface area contributed by atoms with Crippen molar-refractivity contribution in [3.63, 3.8) is 0 Å². The van der Waals surface area contributed by atoms with Gasteiger partial charge in [0.05, 0.1) is 6.10 Å². The summed E-state index contributed by atoms with van der Waals surface area (Å²) in [7, 11) is 0. The van der Waals surface area contributed by atoms with Crippen molar-refractivity contribution in [2.24, 2.45) is 17.6 Å². The monoisotopic (exact) mass is 704 g/mol. The van der Waals surface area contributed by atoms with E-state index in [2.05, 4.69) is 21.3 Å². The van der Waals surface area contributed by atoms with Crippen LogP contribution in [0.3, 0.4) is 0 Å². The molecule has 0 saturated carbocycles. The zero-order chi connectivity index (χ0) is 37.7. The first kappa shape index (κ1) is 41.6. The van der Waals surface area contributed by atoms with Crippen LogP contribution in [0.5, 0.6) is 0 Å². The number of carboxylic acid groups (broad SMARTS) is 2. The van der Waals surface area contributed by atoms with Crippen LogP contribution < -0.4 is 27.0 Å². The Bertz CT molecular complexity index is 1360. The Morgan fingerprint density at radius 3 is 2.00 bits per heavy atom. The number of carboxylic acids is 2. The molecule has 2 rings (SSSR count). The van der Waals surface area contributed by atoms with Crippen LogP contribution in [0.15, 0.2) is 30.3 Å². The van der Waals surface area contributed by atoms with Gasteiger partial charge in [0.1, 0.15) is 36.3 Å². The van der Waals surface area contributed by atoms with Crippen molar-refractivity contribution in [2.75, 3.05) is 6.54 Å². The van der Waals surface area contributed by atoms with Crippen molar-refractivity contribution in [1.82, 2.24) is 26.2 Å². The van der Waals surface area contributed by atoms with Crippen molar-refractivity contribution in [1.29, 1.82) is 0 Å². The van der Waals surface area contributed by atoms with E-state index in [0.717, 1.165) is 5.56 Å². The first-order chi connectivity index (χ1) is 23.5. The highest BCUT2D eigenvalue weighted by atomic mass is 16.4. The number of benzene rings is 1. The number of likely N-dealkylation sites (tertiary alicyclic amines) is 1. The molecular formula is C34H52N6O10. The summed E-state index contributed by atoms with van der Waals surface area (Å²) in [6.07, 6.45) is -0.743. The second-order valence-electron chi connectivity index (χ2n) is 13.1. The van der Waals surface area contributed by atoms with E-state index in [0.29, 0.717) is 12.8 Å². The van der Waals surface area contributed by atoms with Gasteiger partial charge in [-0.15, -0.1) is 0 Å². The lowest BCUT2D eigenvalue weighted by Gasteiger charge is -2.32. The quantitative estimate of drug-likeness (QED) is 0.0912. The van der Waals surface area contributed by atoms with Gasteiger partial charge in [-0.25, -0.2) is 4.79 Å². The van der Waals surface area contributed by atoms with Gasteiger partial charge in [0.25, 0.3) is 0 Å². The smallest absolute Gasteiger partial charge is 0.326 e. The van der Waals surface area contributed by atoms with Crippen LogP contribution in [0.4, 0.5) is 0 Å². The van der Waals surface area contributed by atoms with Gasteiger partial charge in [-0.1, -0.05) is 64.4 Å². The number of hydrogen-bond acceptors (Lipinski definition) is 9. The van der Waals surface area contributed by atoms with E-state index in [9.17, 15) is 43.8 Å². The van der Waals surface area contributed by atoms with E-state index in [4.69, 9.17) is 10.8 Å². The molecule has 1 saturated heterocycles. The normalized spacial score (nSPS) is 18.5. The molecule has 0 unspecified atom stereocenters. The molecule has 1 aliphatic rings. The Labute approximate surface area is 291 Å². The van der Waals surface area contributed by atoms with Gasteiger partial charge in [-0.3, -0.25) is 28.8 Å². The summed E-state index contributed by atoms with van der Waals surface area (Å²) in [5, 5.41) is 38.6. The highest BCUT2D eigenvalue weighted by Gasteiger charge is 2.40. The third-order valence-corrected chi connectivity index (χ3v) is 8.86. The number of nitrogens with zero attached hydrogens (tertiary/aromatic N) is 1. The Kier molecular flexibility index (Phi) is 16.3. The highest BCUT2D eigenvalue weighted by molar-refractivity contribution is 5.97. The maximum absolute atomic E-state index is 13.9. The maximum atomic E-state index is 13.9. The van der Waals surface area contributed by atoms with Crippen LogP contribution in [-0.2, 0) is 40.0 Å². The summed E-state index contributed by atoms with van der Waals surface area (Å²) in [5.74, 6) is -6.98. The predicted octanol–water partition coefficient (Wildman–Crippen LogP) is -0.481. The fourth-order valence-electron chi connectivity index (χ4n) is 5.56. The molecule has 1 heterocycles. The van der Waals surface area contributed by atoms with Crippen LogP contribution in [0.2, 0.25) is 0 Å². The van der Waals surface area contributed by atoms with Crippen LogP contribution in [0, 0.1) is 11.8 Å². The minimum absolute atomic E-state index is 0.0952. The number of nitrogens with two attached hydrogens (primary N) is 1. The van der Waals surface area contributed by atoms with Crippen LogP contribution >= 0.6 is 0 Å². The predicted molar refractivity (Wildman–Crippen MR) is 181 cm³/mol. The average Bonchev–Trinajstić information content (AvgIpc) is 3.56. The fourth-order valence-corrected chi connectivity index (χ4v) is 5.56. The second-order valence-corrected chi connectivity index (χ2v) is 13.1. The molecule has 278 valence electrons. The number of aliphatic hydroxyl groups is 1. The summed E-state index contributed by atoms with van der Waals surface area (Å²) in [6.45, 7) is 8.39. The van der Waals surface area contributed by atoms with Crippen molar-refractivity contribution in [3.8, 4) is 0 Å². The zero-order valence-corrected chi connectivity index (χ0v) is 29.3. The molecule has 16 heteroatoms. The average molecular weight is 705 g/mol. The summed E-state index contributed by atoms with van der Waals surface area (Å²) in [6, 6.07) is 1.73. The van der Waals surface area contributed by atoms with Crippen molar-refractivity contribution in [3.05, 3.63) is 35.9 Å². The van der Waals surface area contributed by atoms with E-state index in [1.54, 1.807) is 58.0 Å². The zero-order valence-electron chi connectivity index (χ0n) is 29.3. The molecule has 1 fully saturated rings. The number of amides is 5. The lowest BCUT2D eigenvalue weighted by atomic mass is 9.95. The van der Waals surface area contributed by atoms with Crippen LogP contribution in [0.25, 0.3) is 0 Å². The molecule has 1 aromatic carbocycles. The Morgan fingerprint density at radius 1 is 0.860 bits per heavy atom. The molecule has 9 N–H and O–H groups in total. The molecule has 1 aliphatic heterocycles. The molecule has 5 amide bonds. The molecule has 50 heavy (non-hydrogen) atoms. The van der Waals surface area contributed by atoms with E-state index < -0.39 is 102 Å². The maximum Gasteiger partial charge on any atom is 0.326 e. The highest BCUT2D eigenvalue weighted by Crippen LogP contribution is 2.21. The summed E-state index contributed by atoms with van der Waals surface area (Å²) in [5.41, 5.74) is 6.56. The minimum atomic E-state index is -1.49. The lowest BCUT2D eigenvalue weighted by Crippen LogP contribution is -2.61. The molecule has 16 nitrogen and oxygen atoms in total. The van der Waals surface area contributed by atoms with Gasteiger partial charge in [0.2, 0.25) is 29.5 Å². The number of aliphatic carboxylic acids is 2. The summed E-state index contributed by atoms with van der Waals surface area (Å²) < 4.78 is 0. The van der Waals surface area contributed by atoms with E-state index in [1.807, 2.05) is 0 Å². The summed E-state index contributed by atoms with van der Waals surface area (Å²) in [4.78, 5) is 91.3. The minimum Gasteiger partial charge on any atom is -0.481 e. The lowest BCUT2D eigenvalue weighted by molar-refractivity contribution is -0.144. The van der Waals surface area contributed by atoms with Gasteiger partial charge in [0.15, 0.2) is 0 Å². The van der Waals surface area contributed by atoms with Crippen molar-refractivity contribution in [2.45, 2.75) is 115 Å². The first-order valence-electron chi connectivity index (χ1n) is 16.9. The number of rotatable bonds is 19. The van der Waals surface area contributed by atoms with Crippen molar-refractivity contribution >= 4 is 41.5 Å². The third-order valence-electron chi connectivity index (χ3n) is 8.86.